The molecule has 1 heterocycles. The van der Waals surface area contributed by atoms with Gasteiger partial charge in [-0.2, -0.15) is 0 Å². The van der Waals surface area contributed by atoms with Gasteiger partial charge in [-0.25, -0.2) is 0 Å². The lowest BCUT2D eigenvalue weighted by Crippen LogP contribution is -2.42. The van der Waals surface area contributed by atoms with Crippen LogP contribution in [-0.2, 0) is 11.4 Å². The zero-order valence-electron chi connectivity index (χ0n) is 13.9. The standard InChI is InChI=1S/C20H21NO4/c22-19(21-12-6-8-15(13-21)20(23)24)18-11-5-4-7-16(18)14-25-17-9-2-1-3-10-17/h1-5,7,9-11,15H,6,8,12-14H2,(H,23,24)/t15-/m0/s1. The van der Waals surface area contributed by atoms with Gasteiger partial charge in [0.05, 0.1) is 5.92 Å². The van der Waals surface area contributed by atoms with Crippen molar-refractivity contribution >= 4 is 11.9 Å². The van der Waals surface area contributed by atoms with E-state index in [0.717, 1.165) is 11.3 Å². The van der Waals surface area contributed by atoms with Crippen molar-refractivity contribution in [2.75, 3.05) is 13.1 Å². The largest absolute Gasteiger partial charge is 0.489 e. The van der Waals surface area contributed by atoms with Gasteiger partial charge in [0.2, 0.25) is 0 Å². The molecule has 25 heavy (non-hydrogen) atoms. The van der Waals surface area contributed by atoms with Crippen molar-refractivity contribution in [2.24, 2.45) is 5.92 Å². The van der Waals surface area contributed by atoms with E-state index in [1.54, 1.807) is 11.0 Å². The first-order valence-electron chi connectivity index (χ1n) is 8.43. The maximum absolute atomic E-state index is 12.9. The number of aliphatic carboxylic acids is 1. The number of likely N-dealkylation sites (tertiary alicyclic amines) is 1. The Labute approximate surface area is 146 Å². The number of amides is 1. The fourth-order valence-corrected chi connectivity index (χ4v) is 3.07. The van der Waals surface area contributed by atoms with Crippen LogP contribution in [0.25, 0.3) is 0 Å². The average Bonchev–Trinajstić information content (AvgIpc) is 2.67. The molecule has 1 atom stereocenters. The Morgan fingerprint density at radius 3 is 2.56 bits per heavy atom. The Balaban J connectivity index is 1.73. The number of benzene rings is 2. The van der Waals surface area contributed by atoms with Crippen molar-refractivity contribution in [3.63, 3.8) is 0 Å². The summed E-state index contributed by atoms with van der Waals surface area (Å²) in [6.07, 6.45) is 1.34. The number of carbonyl (C=O) groups is 2. The van der Waals surface area contributed by atoms with Crippen molar-refractivity contribution in [1.82, 2.24) is 4.90 Å². The zero-order valence-corrected chi connectivity index (χ0v) is 13.9. The molecule has 130 valence electrons. The van der Waals surface area contributed by atoms with E-state index in [4.69, 9.17) is 4.74 Å². The number of hydrogen-bond donors (Lipinski definition) is 1. The normalized spacial score (nSPS) is 17.1. The van der Waals surface area contributed by atoms with Gasteiger partial charge in [0, 0.05) is 24.2 Å². The Morgan fingerprint density at radius 1 is 1.08 bits per heavy atom. The second-order valence-electron chi connectivity index (χ2n) is 6.19. The summed E-state index contributed by atoms with van der Waals surface area (Å²) in [5.74, 6) is -0.699. The molecule has 2 aromatic carbocycles. The molecule has 0 spiro atoms. The summed E-state index contributed by atoms with van der Waals surface area (Å²) in [5.41, 5.74) is 1.37. The zero-order chi connectivity index (χ0) is 17.6. The lowest BCUT2D eigenvalue weighted by molar-refractivity contribution is -0.143. The molecular weight excluding hydrogens is 318 g/mol. The Kier molecular flexibility index (Phi) is 5.33. The van der Waals surface area contributed by atoms with Crippen LogP contribution < -0.4 is 4.74 Å². The van der Waals surface area contributed by atoms with E-state index in [2.05, 4.69) is 0 Å². The highest BCUT2D eigenvalue weighted by Crippen LogP contribution is 2.21. The number of rotatable bonds is 5. The number of ether oxygens (including phenoxy) is 1. The number of para-hydroxylation sites is 1. The van der Waals surface area contributed by atoms with Crippen LogP contribution in [0.1, 0.15) is 28.8 Å². The lowest BCUT2D eigenvalue weighted by atomic mass is 9.97. The summed E-state index contributed by atoms with van der Waals surface area (Å²) in [6, 6.07) is 16.8. The van der Waals surface area contributed by atoms with Gasteiger partial charge in [0.1, 0.15) is 12.4 Å². The van der Waals surface area contributed by atoms with Crippen LogP contribution in [0.4, 0.5) is 0 Å². The first-order valence-corrected chi connectivity index (χ1v) is 8.43. The van der Waals surface area contributed by atoms with Crippen LogP contribution in [0, 0.1) is 5.92 Å². The second kappa shape index (κ2) is 7.83. The van der Waals surface area contributed by atoms with Gasteiger partial charge in [-0.05, 0) is 31.0 Å². The fraction of sp³-hybridized carbons (Fsp3) is 0.300. The van der Waals surface area contributed by atoms with Gasteiger partial charge in [-0.1, -0.05) is 36.4 Å². The molecule has 2 aromatic rings. The van der Waals surface area contributed by atoms with Gasteiger partial charge in [0.15, 0.2) is 0 Å². The summed E-state index contributed by atoms with van der Waals surface area (Å²) in [4.78, 5) is 25.7. The Hall–Kier alpha value is -2.82. The van der Waals surface area contributed by atoms with Crippen molar-refractivity contribution < 1.29 is 19.4 Å². The predicted octanol–water partition coefficient (Wildman–Crippen LogP) is 3.20. The molecule has 0 bridgehead atoms. The number of carboxylic acids is 1. The van der Waals surface area contributed by atoms with Crippen LogP contribution >= 0.6 is 0 Å². The smallest absolute Gasteiger partial charge is 0.308 e. The minimum atomic E-state index is -0.835. The highest BCUT2D eigenvalue weighted by molar-refractivity contribution is 5.96. The number of nitrogens with zero attached hydrogens (tertiary/aromatic N) is 1. The molecule has 0 aliphatic carbocycles. The molecular formula is C20H21NO4. The number of carbonyl (C=O) groups excluding carboxylic acids is 1. The first kappa shape index (κ1) is 17.0. The fourth-order valence-electron chi connectivity index (χ4n) is 3.07. The first-order chi connectivity index (χ1) is 12.1. The van der Waals surface area contributed by atoms with Crippen LogP contribution in [-0.4, -0.2) is 35.0 Å². The maximum atomic E-state index is 12.9. The van der Waals surface area contributed by atoms with E-state index in [0.29, 0.717) is 31.6 Å². The topological polar surface area (TPSA) is 66.8 Å². The quantitative estimate of drug-likeness (QED) is 0.908. The molecule has 0 radical (unpaired) electrons. The van der Waals surface area contributed by atoms with Gasteiger partial charge >= 0.3 is 5.97 Å². The summed E-state index contributed by atoms with van der Waals surface area (Å²) in [5, 5.41) is 9.22. The minimum Gasteiger partial charge on any atom is -0.489 e. The van der Waals surface area contributed by atoms with Gasteiger partial charge in [-0.3, -0.25) is 9.59 Å². The molecule has 1 saturated heterocycles. The summed E-state index contributed by atoms with van der Waals surface area (Å²) in [6.45, 7) is 1.15. The van der Waals surface area contributed by atoms with E-state index >= 15 is 0 Å². The van der Waals surface area contributed by atoms with Crippen molar-refractivity contribution in [2.45, 2.75) is 19.4 Å². The molecule has 1 N–H and O–H groups in total. The number of hydrogen-bond acceptors (Lipinski definition) is 3. The number of carboxylic acid groups (broad SMARTS) is 1. The average molecular weight is 339 g/mol. The molecule has 0 aromatic heterocycles. The molecule has 1 fully saturated rings. The van der Waals surface area contributed by atoms with Gasteiger partial charge < -0.3 is 14.7 Å². The minimum absolute atomic E-state index is 0.127. The molecule has 1 aliphatic heterocycles. The van der Waals surface area contributed by atoms with Gasteiger partial charge in [0.25, 0.3) is 5.91 Å². The monoisotopic (exact) mass is 339 g/mol. The Morgan fingerprint density at radius 2 is 1.80 bits per heavy atom. The van der Waals surface area contributed by atoms with Crippen LogP contribution in [0.2, 0.25) is 0 Å². The third-order valence-corrected chi connectivity index (χ3v) is 4.44. The van der Waals surface area contributed by atoms with E-state index < -0.39 is 11.9 Å². The van der Waals surface area contributed by atoms with E-state index in [1.165, 1.54) is 0 Å². The third-order valence-electron chi connectivity index (χ3n) is 4.44. The molecule has 0 unspecified atom stereocenters. The summed E-state index contributed by atoms with van der Waals surface area (Å²) < 4.78 is 5.76. The summed E-state index contributed by atoms with van der Waals surface area (Å²) in [7, 11) is 0. The van der Waals surface area contributed by atoms with Gasteiger partial charge in [-0.15, -0.1) is 0 Å². The molecule has 5 nitrogen and oxygen atoms in total. The molecule has 1 aliphatic rings. The Bertz CT molecular complexity index is 744. The highest BCUT2D eigenvalue weighted by atomic mass is 16.5. The second-order valence-corrected chi connectivity index (χ2v) is 6.19. The van der Waals surface area contributed by atoms with Crippen LogP contribution in [0.15, 0.2) is 54.6 Å². The lowest BCUT2D eigenvalue weighted by Gasteiger charge is -2.31. The van der Waals surface area contributed by atoms with E-state index in [1.807, 2.05) is 48.5 Å². The van der Waals surface area contributed by atoms with Crippen LogP contribution in [0.5, 0.6) is 5.75 Å². The maximum Gasteiger partial charge on any atom is 0.308 e. The van der Waals surface area contributed by atoms with Crippen molar-refractivity contribution in [3.8, 4) is 5.75 Å². The highest BCUT2D eigenvalue weighted by Gasteiger charge is 2.29. The number of piperidine rings is 1. The van der Waals surface area contributed by atoms with Crippen molar-refractivity contribution in [1.29, 1.82) is 0 Å². The molecule has 1 amide bonds. The van der Waals surface area contributed by atoms with Crippen LogP contribution in [0.3, 0.4) is 0 Å². The summed E-state index contributed by atoms with van der Waals surface area (Å²) >= 11 is 0. The third kappa shape index (κ3) is 4.18. The molecule has 0 saturated carbocycles. The van der Waals surface area contributed by atoms with E-state index in [-0.39, 0.29) is 12.5 Å². The van der Waals surface area contributed by atoms with E-state index in [9.17, 15) is 14.7 Å². The molecule has 5 heteroatoms. The molecule has 3 rings (SSSR count). The SMILES string of the molecule is O=C(O)[C@H]1CCCN(C(=O)c2ccccc2COc2ccccc2)C1. The van der Waals surface area contributed by atoms with Crippen molar-refractivity contribution in [3.05, 3.63) is 65.7 Å². The predicted molar refractivity (Wildman–Crippen MR) is 93.5 cm³/mol.